The fourth-order valence-corrected chi connectivity index (χ4v) is 4.64. The van der Waals surface area contributed by atoms with Crippen LogP contribution in [-0.2, 0) is 4.79 Å². The maximum absolute atomic E-state index is 11.6. The van der Waals surface area contributed by atoms with Gasteiger partial charge in [0.05, 0.1) is 18.3 Å². The number of carbonyl (C=O) groups excluding carboxylic acids is 1. The molecule has 1 aromatic carbocycles. The van der Waals surface area contributed by atoms with Crippen molar-refractivity contribution in [2.45, 2.75) is 37.8 Å². The Kier molecular flexibility index (Phi) is 5.90. The predicted molar refractivity (Wildman–Crippen MR) is 110 cm³/mol. The number of aromatic nitrogens is 2. The monoisotopic (exact) mass is 399 g/mol. The SMILES string of the molecule is NC(=O)CN1CCC(N2CCCC2)CC1c1cc(Cl)nc(-c2ccccc2)n1. The molecule has 2 unspecified atom stereocenters. The number of hydrogen-bond donors (Lipinski definition) is 1. The highest BCUT2D eigenvalue weighted by Gasteiger charge is 2.35. The summed E-state index contributed by atoms with van der Waals surface area (Å²) in [5, 5.41) is 0.422. The van der Waals surface area contributed by atoms with E-state index in [1.165, 1.54) is 12.8 Å². The van der Waals surface area contributed by atoms with Crippen LogP contribution in [0.2, 0.25) is 5.15 Å². The Morgan fingerprint density at radius 1 is 1.14 bits per heavy atom. The van der Waals surface area contributed by atoms with E-state index < -0.39 is 0 Å². The molecule has 6 nitrogen and oxygen atoms in total. The smallest absolute Gasteiger partial charge is 0.231 e. The standard InChI is InChI=1S/C21H26ClN5O/c22-19-13-17(24-21(25-19)15-6-2-1-3-7-15)18-12-16(26-9-4-5-10-26)8-11-27(18)14-20(23)28/h1-3,6-7,13,16,18H,4-5,8-12,14H2,(H2,23,28). The van der Waals surface area contributed by atoms with E-state index in [1.54, 1.807) is 0 Å². The molecule has 7 heteroatoms. The Morgan fingerprint density at radius 2 is 1.89 bits per heavy atom. The third kappa shape index (κ3) is 4.35. The van der Waals surface area contributed by atoms with Gasteiger partial charge in [-0.3, -0.25) is 9.69 Å². The highest BCUT2D eigenvalue weighted by molar-refractivity contribution is 6.29. The number of halogens is 1. The number of nitrogens with zero attached hydrogens (tertiary/aromatic N) is 4. The van der Waals surface area contributed by atoms with Crippen molar-refractivity contribution in [3.63, 3.8) is 0 Å². The third-order valence-corrected chi connectivity index (χ3v) is 5.98. The second-order valence-electron chi connectivity index (χ2n) is 7.68. The molecule has 28 heavy (non-hydrogen) atoms. The topological polar surface area (TPSA) is 75.4 Å². The average Bonchev–Trinajstić information content (AvgIpc) is 3.23. The quantitative estimate of drug-likeness (QED) is 0.782. The van der Waals surface area contributed by atoms with E-state index in [9.17, 15) is 4.79 Å². The largest absolute Gasteiger partial charge is 0.369 e. The van der Waals surface area contributed by atoms with Gasteiger partial charge in [0.25, 0.3) is 0 Å². The molecule has 2 fully saturated rings. The molecule has 3 heterocycles. The Bertz CT molecular complexity index is 825. The van der Waals surface area contributed by atoms with Crippen LogP contribution in [0.15, 0.2) is 36.4 Å². The van der Waals surface area contributed by atoms with Crippen LogP contribution >= 0.6 is 11.6 Å². The molecule has 0 radical (unpaired) electrons. The summed E-state index contributed by atoms with van der Waals surface area (Å²) in [7, 11) is 0. The first-order valence-corrected chi connectivity index (χ1v) is 10.3. The lowest BCUT2D eigenvalue weighted by atomic mass is 9.93. The Hall–Kier alpha value is -2.02. The van der Waals surface area contributed by atoms with Crippen LogP contribution in [0.3, 0.4) is 0 Å². The first-order chi connectivity index (χ1) is 13.6. The van der Waals surface area contributed by atoms with E-state index in [-0.39, 0.29) is 18.5 Å². The molecule has 2 aliphatic rings. The number of carbonyl (C=O) groups is 1. The molecule has 0 saturated carbocycles. The van der Waals surface area contributed by atoms with Crippen molar-refractivity contribution >= 4 is 17.5 Å². The van der Waals surface area contributed by atoms with Gasteiger partial charge in [0.1, 0.15) is 5.15 Å². The van der Waals surface area contributed by atoms with Gasteiger partial charge in [-0.1, -0.05) is 41.9 Å². The molecule has 2 N–H and O–H groups in total. The van der Waals surface area contributed by atoms with E-state index in [0.29, 0.717) is 17.0 Å². The van der Waals surface area contributed by atoms with Gasteiger partial charge in [0.2, 0.25) is 5.91 Å². The first kappa shape index (κ1) is 19.3. The molecule has 0 aliphatic carbocycles. The first-order valence-electron chi connectivity index (χ1n) is 9.96. The number of benzene rings is 1. The highest BCUT2D eigenvalue weighted by Crippen LogP contribution is 2.34. The molecule has 1 amide bonds. The van der Waals surface area contributed by atoms with Crippen molar-refractivity contribution in [2.24, 2.45) is 5.73 Å². The van der Waals surface area contributed by atoms with Crippen LogP contribution in [-0.4, -0.2) is 57.9 Å². The molecule has 2 aromatic rings. The molecule has 2 atom stereocenters. The van der Waals surface area contributed by atoms with E-state index >= 15 is 0 Å². The minimum absolute atomic E-state index is 0.00909. The van der Waals surface area contributed by atoms with Crippen molar-refractivity contribution in [1.82, 2.24) is 19.8 Å². The molecule has 0 bridgehead atoms. The van der Waals surface area contributed by atoms with E-state index in [4.69, 9.17) is 22.3 Å². The van der Waals surface area contributed by atoms with Gasteiger partial charge >= 0.3 is 0 Å². The predicted octanol–water partition coefficient (Wildman–Crippen LogP) is 2.88. The fraction of sp³-hybridized carbons (Fsp3) is 0.476. The van der Waals surface area contributed by atoms with Gasteiger partial charge < -0.3 is 10.6 Å². The summed E-state index contributed by atoms with van der Waals surface area (Å²) < 4.78 is 0. The number of primary amides is 1. The van der Waals surface area contributed by atoms with E-state index in [0.717, 1.165) is 43.7 Å². The molecule has 2 saturated heterocycles. The molecule has 0 spiro atoms. The van der Waals surface area contributed by atoms with Gasteiger partial charge in [-0.15, -0.1) is 0 Å². The van der Waals surface area contributed by atoms with Crippen molar-refractivity contribution in [3.05, 3.63) is 47.2 Å². The Labute approximate surface area is 170 Å². The lowest BCUT2D eigenvalue weighted by Crippen LogP contribution is -2.48. The summed E-state index contributed by atoms with van der Waals surface area (Å²) in [6.45, 7) is 3.39. The second kappa shape index (κ2) is 8.55. The lowest BCUT2D eigenvalue weighted by Gasteiger charge is -2.41. The van der Waals surface area contributed by atoms with E-state index in [2.05, 4.69) is 14.8 Å². The van der Waals surface area contributed by atoms with Gasteiger partial charge in [0.15, 0.2) is 5.82 Å². The number of rotatable bonds is 5. The fourth-order valence-electron chi connectivity index (χ4n) is 4.45. The minimum atomic E-state index is -0.312. The van der Waals surface area contributed by atoms with E-state index in [1.807, 2.05) is 36.4 Å². The Morgan fingerprint density at radius 3 is 2.61 bits per heavy atom. The zero-order valence-corrected chi connectivity index (χ0v) is 16.7. The second-order valence-corrected chi connectivity index (χ2v) is 8.07. The molecular weight excluding hydrogens is 374 g/mol. The maximum atomic E-state index is 11.6. The summed E-state index contributed by atoms with van der Waals surface area (Å²) in [4.78, 5) is 25.6. The highest BCUT2D eigenvalue weighted by atomic mass is 35.5. The maximum Gasteiger partial charge on any atom is 0.231 e. The van der Waals surface area contributed by atoms with Gasteiger partial charge in [-0.25, -0.2) is 9.97 Å². The number of hydrogen-bond acceptors (Lipinski definition) is 5. The third-order valence-electron chi connectivity index (χ3n) is 5.79. The van der Waals surface area contributed by atoms with Crippen LogP contribution in [0.1, 0.15) is 37.4 Å². The minimum Gasteiger partial charge on any atom is -0.369 e. The van der Waals surface area contributed by atoms with Crippen molar-refractivity contribution in [3.8, 4) is 11.4 Å². The normalized spacial score (nSPS) is 23.8. The molecular formula is C21H26ClN5O. The zero-order chi connectivity index (χ0) is 19.5. The molecule has 2 aliphatic heterocycles. The number of amides is 1. The number of piperidine rings is 1. The van der Waals surface area contributed by atoms with Gasteiger partial charge in [-0.05, 0) is 44.8 Å². The van der Waals surface area contributed by atoms with Crippen LogP contribution < -0.4 is 5.73 Å². The van der Waals surface area contributed by atoms with Gasteiger partial charge in [0, 0.05) is 18.2 Å². The summed E-state index contributed by atoms with van der Waals surface area (Å²) in [5.41, 5.74) is 7.32. The van der Waals surface area contributed by atoms with Crippen molar-refractivity contribution in [2.75, 3.05) is 26.2 Å². The van der Waals surface area contributed by atoms with Crippen molar-refractivity contribution in [1.29, 1.82) is 0 Å². The average molecular weight is 400 g/mol. The summed E-state index contributed by atoms with van der Waals surface area (Å²) in [6.07, 6.45) is 4.51. The van der Waals surface area contributed by atoms with Crippen LogP contribution in [0, 0.1) is 0 Å². The summed E-state index contributed by atoms with van der Waals surface area (Å²) in [5.74, 6) is 0.304. The van der Waals surface area contributed by atoms with Crippen LogP contribution in [0.5, 0.6) is 0 Å². The van der Waals surface area contributed by atoms with Crippen LogP contribution in [0.4, 0.5) is 0 Å². The summed E-state index contributed by atoms with van der Waals surface area (Å²) in [6, 6.07) is 12.2. The number of likely N-dealkylation sites (tertiary alicyclic amines) is 2. The molecule has 4 rings (SSSR count). The Balaban J connectivity index is 1.65. The number of nitrogens with two attached hydrogens (primary N) is 1. The van der Waals surface area contributed by atoms with Gasteiger partial charge in [-0.2, -0.15) is 0 Å². The molecule has 1 aromatic heterocycles. The zero-order valence-electron chi connectivity index (χ0n) is 15.9. The molecule has 148 valence electrons. The summed E-state index contributed by atoms with van der Waals surface area (Å²) >= 11 is 6.36. The van der Waals surface area contributed by atoms with Crippen molar-refractivity contribution < 1.29 is 4.79 Å². The lowest BCUT2D eigenvalue weighted by molar-refractivity contribution is -0.120. The van der Waals surface area contributed by atoms with Crippen LogP contribution in [0.25, 0.3) is 11.4 Å².